The lowest BCUT2D eigenvalue weighted by molar-refractivity contribution is 0.702. The van der Waals surface area contributed by atoms with Crippen LogP contribution in [0.2, 0.25) is 0 Å². The molecule has 3 heteroatoms. The van der Waals surface area contributed by atoms with Crippen LogP contribution >= 0.6 is 11.3 Å². The number of nitrogens with zero attached hydrogens (tertiary/aromatic N) is 1. The van der Waals surface area contributed by atoms with Crippen LogP contribution in [0.5, 0.6) is 0 Å². The van der Waals surface area contributed by atoms with Crippen LogP contribution in [0, 0.1) is 0 Å². The van der Waals surface area contributed by atoms with E-state index in [4.69, 9.17) is 10.7 Å². The molecule has 3 rings (SSSR count). The van der Waals surface area contributed by atoms with Crippen LogP contribution < -0.4 is 5.73 Å². The van der Waals surface area contributed by atoms with E-state index in [9.17, 15) is 0 Å². The molecule has 0 spiro atoms. The summed E-state index contributed by atoms with van der Waals surface area (Å²) in [6.45, 7) is 0. The minimum absolute atomic E-state index is 0.700. The summed E-state index contributed by atoms with van der Waals surface area (Å²) in [4.78, 5) is 4.73. The lowest BCUT2D eigenvalue weighted by Gasteiger charge is -2.02. The van der Waals surface area contributed by atoms with Gasteiger partial charge in [-0.2, -0.15) is 0 Å². The van der Waals surface area contributed by atoms with Crippen molar-refractivity contribution in [3.8, 4) is 0 Å². The van der Waals surface area contributed by atoms with Crippen molar-refractivity contribution in [1.29, 1.82) is 0 Å². The van der Waals surface area contributed by atoms with Crippen molar-refractivity contribution in [1.82, 2.24) is 4.98 Å². The first-order chi connectivity index (χ1) is 9.31. The molecule has 2 nitrogen and oxygen atoms in total. The number of thiazole rings is 1. The van der Waals surface area contributed by atoms with E-state index in [1.165, 1.54) is 31.4 Å². The van der Waals surface area contributed by atoms with Crippen LogP contribution in [-0.2, 0) is 0 Å². The number of nitrogen functional groups attached to an aromatic ring is 1. The second-order valence-corrected chi connectivity index (χ2v) is 5.99. The first-order valence-corrected chi connectivity index (χ1v) is 7.68. The van der Waals surface area contributed by atoms with Crippen LogP contribution in [0.1, 0.15) is 47.9 Å². The second-order valence-electron chi connectivity index (χ2n) is 5.10. The van der Waals surface area contributed by atoms with Gasteiger partial charge in [0.05, 0.1) is 5.69 Å². The molecule has 19 heavy (non-hydrogen) atoms. The molecule has 98 valence electrons. The molecule has 1 aliphatic carbocycles. The fraction of sp³-hybridized carbons (Fsp3) is 0.312. The largest absolute Gasteiger partial charge is 0.399 e. The Morgan fingerprint density at radius 2 is 2.05 bits per heavy atom. The third kappa shape index (κ3) is 3.04. The molecule has 2 N–H and O–H groups in total. The maximum Gasteiger partial charge on any atom is 0.116 e. The maximum absolute atomic E-state index is 5.77. The molecule has 0 radical (unpaired) electrons. The van der Waals surface area contributed by atoms with Gasteiger partial charge < -0.3 is 5.73 Å². The molecule has 2 aromatic rings. The van der Waals surface area contributed by atoms with Gasteiger partial charge in [0.25, 0.3) is 0 Å². The van der Waals surface area contributed by atoms with Crippen LogP contribution in [0.4, 0.5) is 5.69 Å². The van der Waals surface area contributed by atoms with Crippen molar-refractivity contribution in [3.63, 3.8) is 0 Å². The van der Waals surface area contributed by atoms with Crippen molar-refractivity contribution in [3.05, 3.63) is 45.9 Å². The van der Waals surface area contributed by atoms with Gasteiger partial charge in [0.15, 0.2) is 0 Å². The Kier molecular flexibility index (Phi) is 3.65. The summed E-state index contributed by atoms with van der Waals surface area (Å²) in [7, 11) is 0. The van der Waals surface area contributed by atoms with Crippen LogP contribution in [0.3, 0.4) is 0 Å². The second kappa shape index (κ2) is 5.57. The predicted octanol–water partition coefficient (Wildman–Crippen LogP) is 4.55. The quantitative estimate of drug-likeness (QED) is 0.831. The Bertz CT molecular complexity index is 580. The van der Waals surface area contributed by atoms with Crippen molar-refractivity contribution in [2.75, 3.05) is 5.73 Å². The lowest BCUT2D eigenvalue weighted by Crippen LogP contribution is -1.91. The monoisotopic (exact) mass is 270 g/mol. The fourth-order valence-electron chi connectivity index (χ4n) is 2.62. The van der Waals surface area contributed by atoms with Gasteiger partial charge in [-0.15, -0.1) is 11.3 Å². The Balaban J connectivity index is 1.73. The number of nitrogens with two attached hydrogens (primary N) is 1. The summed E-state index contributed by atoms with van der Waals surface area (Å²) in [5.74, 6) is 0.700. The van der Waals surface area contributed by atoms with E-state index in [1.807, 2.05) is 18.2 Å². The molecule has 1 saturated carbocycles. The third-order valence-electron chi connectivity index (χ3n) is 3.64. The van der Waals surface area contributed by atoms with E-state index in [0.717, 1.165) is 16.3 Å². The summed E-state index contributed by atoms with van der Waals surface area (Å²) in [5.41, 5.74) is 8.98. The van der Waals surface area contributed by atoms with Crippen molar-refractivity contribution in [2.24, 2.45) is 0 Å². The van der Waals surface area contributed by atoms with Crippen LogP contribution in [0.15, 0.2) is 29.6 Å². The summed E-state index contributed by atoms with van der Waals surface area (Å²) in [6.07, 6.45) is 9.49. The van der Waals surface area contributed by atoms with Gasteiger partial charge in [-0.3, -0.25) is 0 Å². The molecular formula is C16H18N2S. The number of hydrogen-bond acceptors (Lipinski definition) is 3. The molecule has 1 heterocycles. The average Bonchev–Trinajstić information content (AvgIpc) is 3.07. The van der Waals surface area contributed by atoms with Gasteiger partial charge in [0, 0.05) is 17.0 Å². The highest BCUT2D eigenvalue weighted by Gasteiger charge is 2.19. The maximum atomic E-state index is 5.77. The van der Waals surface area contributed by atoms with E-state index < -0.39 is 0 Å². The summed E-state index contributed by atoms with van der Waals surface area (Å²) in [5, 5.41) is 3.30. The molecule has 0 aliphatic heterocycles. The molecule has 0 unspecified atom stereocenters. The molecular weight excluding hydrogens is 252 g/mol. The number of rotatable bonds is 3. The van der Waals surface area contributed by atoms with Gasteiger partial charge in [-0.1, -0.05) is 31.1 Å². The van der Waals surface area contributed by atoms with E-state index in [1.54, 1.807) is 11.3 Å². The molecule has 0 amide bonds. The molecule has 1 aliphatic rings. The normalized spacial score (nSPS) is 16.4. The molecule has 0 saturated heterocycles. The molecule has 1 aromatic carbocycles. The smallest absolute Gasteiger partial charge is 0.116 e. The van der Waals surface area contributed by atoms with Gasteiger partial charge >= 0.3 is 0 Å². The van der Waals surface area contributed by atoms with Gasteiger partial charge in [0.2, 0.25) is 0 Å². The van der Waals surface area contributed by atoms with Crippen LogP contribution in [0.25, 0.3) is 12.2 Å². The summed E-state index contributed by atoms with van der Waals surface area (Å²) in [6, 6.07) is 7.90. The Morgan fingerprint density at radius 1 is 1.21 bits per heavy atom. The zero-order valence-corrected chi connectivity index (χ0v) is 11.7. The van der Waals surface area contributed by atoms with Crippen molar-refractivity contribution < 1.29 is 0 Å². The highest BCUT2D eigenvalue weighted by Crippen LogP contribution is 2.34. The third-order valence-corrected chi connectivity index (χ3v) is 4.47. The van der Waals surface area contributed by atoms with Crippen molar-refractivity contribution >= 4 is 29.2 Å². The van der Waals surface area contributed by atoms with E-state index in [-0.39, 0.29) is 0 Å². The van der Waals surface area contributed by atoms with E-state index in [0.29, 0.717) is 5.92 Å². The number of aromatic nitrogens is 1. The van der Waals surface area contributed by atoms with Gasteiger partial charge in [-0.25, -0.2) is 4.98 Å². The lowest BCUT2D eigenvalue weighted by atomic mass is 10.1. The first kappa shape index (κ1) is 12.4. The minimum atomic E-state index is 0.700. The Morgan fingerprint density at radius 3 is 2.84 bits per heavy atom. The highest BCUT2D eigenvalue weighted by atomic mass is 32.1. The van der Waals surface area contributed by atoms with Gasteiger partial charge in [-0.05, 0) is 36.6 Å². The minimum Gasteiger partial charge on any atom is -0.399 e. The highest BCUT2D eigenvalue weighted by molar-refractivity contribution is 7.10. The number of anilines is 1. The average molecular weight is 270 g/mol. The first-order valence-electron chi connectivity index (χ1n) is 6.80. The SMILES string of the molecule is Nc1cccc(C=Cc2nc(C3CCCC3)cs2)c1. The van der Waals surface area contributed by atoms with Gasteiger partial charge in [0.1, 0.15) is 5.01 Å². The van der Waals surface area contributed by atoms with E-state index in [2.05, 4.69) is 23.6 Å². The number of hydrogen-bond donors (Lipinski definition) is 1. The zero-order chi connectivity index (χ0) is 13.1. The standard InChI is InChI=1S/C16H18N2S/c17-14-7-3-4-12(10-14)8-9-16-18-15(11-19-16)13-5-1-2-6-13/h3-4,7-11,13H,1-2,5-6,17H2. The molecule has 1 fully saturated rings. The zero-order valence-electron chi connectivity index (χ0n) is 10.9. The predicted molar refractivity (Wildman–Crippen MR) is 83.1 cm³/mol. The number of benzene rings is 1. The summed E-state index contributed by atoms with van der Waals surface area (Å²) >= 11 is 1.73. The van der Waals surface area contributed by atoms with Crippen LogP contribution in [-0.4, -0.2) is 4.98 Å². The Hall–Kier alpha value is -1.61. The van der Waals surface area contributed by atoms with E-state index >= 15 is 0 Å². The van der Waals surface area contributed by atoms with Crippen molar-refractivity contribution in [2.45, 2.75) is 31.6 Å². The molecule has 0 atom stereocenters. The topological polar surface area (TPSA) is 38.9 Å². The fourth-order valence-corrected chi connectivity index (χ4v) is 3.41. The molecule has 1 aromatic heterocycles. The Labute approximate surface area is 118 Å². The molecule has 0 bridgehead atoms. The summed E-state index contributed by atoms with van der Waals surface area (Å²) < 4.78 is 0.